The SMILES string of the molecule is O=C(Nc1cnc(-n2nccn2)c(C(F)(F)F)c1)c1ccc(Br)cc1F. The van der Waals surface area contributed by atoms with Gasteiger partial charge in [-0.1, -0.05) is 15.9 Å². The maximum Gasteiger partial charge on any atom is 0.420 e. The van der Waals surface area contributed by atoms with Gasteiger partial charge in [-0.05, 0) is 24.3 Å². The minimum atomic E-state index is -4.76. The number of hydrogen-bond donors (Lipinski definition) is 1. The molecule has 1 amide bonds. The Balaban J connectivity index is 1.95. The zero-order valence-corrected chi connectivity index (χ0v) is 14.2. The van der Waals surface area contributed by atoms with E-state index in [2.05, 4.69) is 36.4 Å². The smallest absolute Gasteiger partial charge is 0.320 e. The lowest BCUT2D eigenvalue weighted by Gasteiger charge is -2.13. The molecule has 0 saturated carbocycles. The summed E-state index contributed by atoms with van der Waals surface area (Å²) >= 11 is 3.05. The van der Waals surface area contributed by atoms with Gasteiger partial charge >= 0.3 is 6.18 Å². The third kappa shape index (κ3) is 3.72. The summed E-state index contributed by atoms with van der Waals surface area (Å²) in [6.07, 6.45) is -1.36. The van der Waals surface area contributed by atoms with Crippen LogP contribution in [0.1, 0.15) is 15.9 Å². The minimum absolute atomic E-state index is 0.249. The van der Waals surface area contributed by atoms with Gasteiger partial charge in [0.2, 0.25) is 0 Å². The van der Waals surface area contributed by atoms with Gasteiger partial charge in [0, 0.05) is 4.47 Å². The second-order valence-corrected chi connectivity index (χ2v) is 5.91. The predicted molar refractivity (Wildman–Crippen MR) is 86.2 cm³/mol. The van der Waals surface area contributed by atoms with E-state index in [0.29, 0.717) is 15.3 Å². The van der Waals surface area contributed by atoms with Crippen LogP contribution in [0.3, 0.4) is 0 Å². The molecular formula is C15H8BrF4N5O. The number of rotatable bonds is 3. The van der Waals surface area contributed by atoms with Crippen molar-refractivity contribution in [2.75, 3.05) is 5.32 Å². The van der Waals surface area contributed by atoms with E-state index in [-0.39, 0.29) is 11.3 Å². The van der Waals surface area contributed by atoms with Crippen LogP contribution in [0.2, 0.25) is 0 Å². The standard InChI is InChI=1S/C15H8BrF4N5O/c16-8-1-2-10(12(17)5-8)14(26)24-9-6-11(15(18,19)20)13(21-7-9)25-22-3-4-23-25/h1-7H,(H,24,26). The van der Waals surface area contributed by atoms with Crippen LogP contribution >= 0.6 is 15.9 Å². The van der Waals surface area contributed by atoms with E-state index in [1.165, 1.54) is 24.5 Å². The first-order valence-electron chi connectivity index (χ1n) is 6.96. The average molecular weight is 430 g/mol. The molecule has 0 aliphatic carbocycles. The molecule has 0 spiro atoms. The van der Waals surface area contributed by atoms with Crippen LogP contribution in [0.15, 0.2) is 47.3 Å². The molecule has 0 saturated heterocycles. The summed E-state index contributed by atoms with van der Waals surface area (Å²) in [4.78, 5) is 16.5. The van der Waals surface area contributed by atoms with Crippen LogP contribution in [0.5, 0.6) is 0 Å². The molecular weight excluding hydrogens is 422 g/mol. The average Bonchev–Trinajstić information content (AvgIpc) is 3.08. The number of anilines is 1. The number of halogens is 5. The maximum absolute atomic E-state index is 13.8. The molecule has 0 aliphatic heterocycles. The Morgan fingerprint density at radius 2 is 1.85 bits per heavy atom. The first kappa shape index (κ1) is 18.0. The number of carbonyl (C=O) groups is 1. The van der Waals surface area contributed by atoms with Crippen molar-refractivity contribution in [1.82, 2.24) is 20.0 Å². The largest absolute Gasteiger partial charge is 0.420 e. The second kappa shape index (κ2) is 6.83. The third-order valence-electron chi connectivity index (χ3n) is 3.21. The van der Waals surface area contributed by atoms with Crippen molar-refractivity contribution in [1.29, 1.82) is 0 Å². The van der Waals surface area contributed by atoms with Crippen LogP contribution in [0.25, 0.3) is 5.82 Å². The minimum Gasteiger partial charge on any atom is -0.320 e. The summed E-state index contributed by atoms with van der Waals surface area (Å²) in [5, 5.41) is 9.44. The molecule has 134 valence electrons. The first-order valence-corrected chi connectivity index (χ1v) is 7.75. The highest BCUT2D eigenvalue weighted by Gasteiger charge is 2.36. The Morgan fingerprint density at radius 1 is 1.15 bits per heavy atom. The summed E-state index contributed by atoms with van der Waals surface area (Å²) in [5.41, 5.74) is -1.72. The molecule has 2 heterocycles. The number of hydrogen-bond acceptors (Lipinski definition) is 4. The Bertz CT molecular complexity index is 959. The summed E-state index contributed by atoms with van der Waals surface area (Å²) in [7, 11) is 0. The van der Waals surface area contributed by atoms with Gasteiger partial charge in [-0.3, -0.25) is 4.79 Å². The fourth-order valence-electron chi connectivity index (χ4n) is 2.09. The number of nitrogens with one attached hydrogen (secondary N) is 1. The summed E-state index contributed by atoms with van der Waals surface area (Å²) in [6, 6.07) is 4.39. The predicted octanol–water partition coefficient (Wildman–Crippen LogP) is 3.84. The van der Waals surface area contributed by atoms with E-state index in [0.717, 1.165) is 12.3 Å². The van der Waals surface area contributed by atoms with Crippen molar-refractivity contribution < 1.29 is 22.4 Å². The molecule has 3 aromatic rings. The normalized spacial score (nSPS) is 11.4. The Labute approximate surface area is 152 Å². The maximum atomic E-state index is 13.8. The van der Waals surface area contributed by atoms with Gasteiger partial charge in [0.25, 0.3) is 5.91 Å². The van der Waals surface area contributed by atoms with E-state index in [9.17, 15) is 22.4 Å². The number of carbonyl (C=O) groups excluding carboxylic acids is 1. The number of aromatic nitrogens is 4. The zero-order chi connectivity index (χ0) is 18.9. The molecule has 1 N–H and O–H groups in total. The van der Waals surface area contributed by atoms with Gasteiger partial charge in [-0.25, -0.2) is 9.37 Å². The second-order valence-electron chi connectivity index (χ2n) is 4.99. The van der Waals surface area contributed by atoms with Gasteiger partial charge in [0.05, 0.1) is 29.8 Å². The number of benzene rings is 1. The van der Waals surface area contributed by atoms with Gasteiger partial charge in [-0.2, -0.15) is 23.4 Å². The lowest BCUT2D eigenvalue weighted by molar-refractivity contribution is -0.137. The van der Waals surface area contributed by atoms with E-state index in [1.54, 1.807) is 0 Å². The van der Waals surface area contributed by atoms with Gasteiger partial charge in [0.15, 0.2) is 5.82 Å². The van der Waals surface area contributed by atoms with Crippen molar-refractivity contribution in [2.45, 2.75) is 6.18 Å². The van der Waals surface area contributed by atoms with Crippen molar-refractivity contribution in [2.24, 2.45) is 0 Å². The van der Waals surface area contributed by atoms with E-state index >= 15 is 0 Å². The van der Waals surface area contributed by atoms with Crippen LogP contribution < -0.4 is 5.32 Å². The van der Waals surface area contributed by atoms with Gasteiger partial charge in [0.1, 0.15) is 11.4 Å². The highest BCUT2D eigenvalue weighted by atomic mass is 79.9. The molecule has 0 aliphatic rings. The van der Waals surface area contributed by atoms with Crippen LogP contribution in [-0.2, 0) is 6.18 Å². The Morgan fingerprint density at radius 3 is 2.46 bits per heavy atom. The molecule has 11 heteroatoms. The van der Waals surface area contributed by atoms with Crippen molar-refractivity contribution >= 4 is 27.5 Å². The summed E-state index contributed by atoms with van der Waals surface area (Å²) in [6.45, 7) is 0. The highest BCUT2D eigenvalue weighted by Crippen LogP contribution is 2.34. The fraction of sp³-hybridized carbons (Fsp3) is 0.0667. The third-order valence-corrected chi connectivity index (χ3v) is 3.71. The van der Waals surface area contributed by atoms with Crippen molar-refractivity contribution in [3.8, 4) is 5.82 Å². The molecule has 0 bridgehead atoms. The lowest BCUT2D eigenvalue weighted by Crippen LogP contribution is -2.18. The molecule has 1 aromatic carbocycles. The molecule has 6 nitrogen and oxygen atoms in total. The molecule has 26 heavy (non-hydrogen) atoms. The highest BCUT2D eigenvalue weighted by molar-refractivity contribution is 9.10. The summed E-state index contributed by atoms with van der Waals surface area (Å²) in [5.74, 6) is -2.27. The van der Waals surface area contributed by atoms with Gasteiger partial charge < -0.3 is 5.32 Å². The molecule has 0 fully saturated rings. The Kier molecular flexibility index (Phi) is 4.72. The lowest BCUT2D eigenvalue weighted by atomic mass is 10.2. The van der Waals surface area contributed by atoms with E-state index in [4.69, 9.17) is 0 Å². The number of pyridine rings is 1. The van der Waals surface area contributed by atoms with Crippen LogP contribution in [0.4, 0.5) is 23.2 Å². The Hall–Kier alpha value is -2.82. The monoisotopic (exact) mass is 429 g/mol. The quantitative estimate of drug-likeness (QED) is 0.642. The fourth-order valence-corrected chi connectivity index (χ4v) is 2.42. The van der Waals surface area contributed by atoms with Crippen LogP contribution in [-0.4, -0.2) is 25.9 Å². The molecule has 0 atom stereocenters. The van der Waals surface area contributed by atoms with Crippen LogP contribution in [0, 0.1) is 5.82 Å². The number of amides is 1. The van der Waals surface area contributed by atoms with Crippen molar-refractivity contribution in [3.63, 3.8) is 0 Å². The van der Waals surface area contributed by atoms with Gasteiger partial charge in [-0.15, -0.1) is 4.80 Å². The molecule has 2 aromatic heterocycles. The van der Waals surface area contributed by atoms with E-state index in [1.807, 2.05) is 0 Å². The number of nitrogens with zero attached hydrogens (tertiary/aromatic N) is 4. The first-order chi connectivity index (χ1) is 12.3. The topological polar surface area (TPSA) is 72.7 Å². The van der Waals surface area contributed by atoms with Crippen molar-refractivity contribution in [3.05, 3.63) is 64.3 Å². The zero-order valence-electron chi connectivity index (χ0n) is 12.6. The number of alkyl halides is 3. The molecule has 0 radical (unpaired) electrons. The van der Waals surface area contributed by atoms with E-state index < -0.39 is 29.3 Å². The molecule has 3 rings (SSSR count). The summed E-state index contributed by atoms with van der Waals surface area (Å²) < 4.78 is 54.1. The molecule has 0 unspecified atom stereocenters.